The topological polar surface area (TPSA) is 69.6 Å². The van der Waals surface area contributed by atoms with Crippen LogP contribution < -0.4 is 5.73 Å². The summed E-state index contributed by atoms with van der Waals surface area (Å²) in [6.45, 7) is 0.865. The SMILES string of the molecule is Nc1nnnn1CCC1CCC1. The average Bonchev–Trinajstić information content (AvgIpc) is 2.33. The molecule has 2 N–H and O–H groups in total. The van der Waals surface area contributed by atoms with E-state index < -0.39 is 0 Å². The van der Waals surface area contributed by atoms with E-state index in [4.69, 9.17) is 5.73 Å². The van der Waals surface area contributed by atoms with Crippen molar-refractivity contribution in [1.29, 1.82) is 0 Å². The van der Waals surface area contributed by atoms with Crippen LogP contribution in [0.25, 0.3) is 0 Å². The first-order chi connectivity index (χ1) is 5.86. The molecule has 1 saturated carbocycles. The Morgan fingerprint density at radius 1 is 1.50 bits per heavy atom. The molecule has 0 atom stereocenters. The van der Waals surface area contributed by atoms with Gasteiger partial charge in [-0.3, -0.25) is 0 Å². The number of aromatic nitrogens is 4. The highest BCUT2D eigenvalue weighted by Crippen LogP contribution is 2.29. The third-order valence-electron chi connectivity index (χ3n) is 2.53. The second kappa shape index (κ2) is 3.08. The van der Waals surface area contributed by atoms with E-state index in [0.29, 0.717) is 5.95 Å². The van der Waals surface area contributed by atoms with Gasteiger partial charge in [0.15, 0.2) is 0 Å². The Balaban J connectivity index is 1.82. The van der Waals surface area contributed by atoms with E-state index in [1.165, 1.54) is 19.3 Å². The van der Waals surface area contributed by atoms with Crippen LogP contribution in [0.1, 0.15) is 25.7 Å². The minimum atomic E-state index is 0.425. The zero-order chi connectivity index (χ0) is 8.39. The molecular formula is C7H13N5. The summed E-state index contributed by atoms with van der Waals surface area (Å²) in [5.41, 5.74) is 5.51. The number of nitrogens with zero attached hydrogens (tertiary/aromatic N) is 4. The zero-order valence-corrected chi connectivity index (χ0v) is 6.98. The predicted molar refractivity (Wildman–Crippen MR) is 44.2 cm³/mol. The van der Waals surface area contributed by atoms with E-state index >= 15 is 0 Å². The number of aryl methyl sites for hydroxylation is 1. The molecule has 1 aliphatic carbocycles. The Morgan fingerprint density at radius 3 is 2.83 bits per heavy atom. The van der Waals surface area contributed by atoms with Crippen LogP contribution in [-0.2, 0) is 6.54 Å². The van der Waals surface area contributed by atoms with Crippen molar-refractivity contribution in [3.63, 3.8) is 0 Å². The fourth-order valence-corrected chi connectivity index (χ4v) is 1.46. The van der Waals surface area contributed by atoms with Crippen LogP contribution in [0.5, 0.6) is 0 Å². The molecule has 1 fully saturated rings. The molecule has 2 rings (SSSR count). The second-order valence-electron chi connectivity index (χ2n) is 3.35. The fourth-order valence-electron chi connectivity index (χ4n) is 1.46. The molecule has 0 saturated heterocycles. The third kappa shape index (κ3) is 1.39. The van der Waals surface area contributed by atoms with Gasteiger partial charge in [-0.1, -0.05) is 24.4 Å². The quantitative estimate of drug-likeness (QED) is 0.709. The van der Waals surface area contributed by atoms with Crippen molar-refractivity contribution in [2.45, 2.75) is 32.2 Å². The van der Waals surface area contributed by atoms with Crippen LogP contribution in [-0.4, -0.2) is 20.2 Å². The van der Waals surface area contributed by atoms with Gasteiger partial charge in [0.2, 0.25) is 5.95 Å². The summed E-state index contributed by atoms with van der Waals surface area (Å²) < 4.78 is 1.66. The molecule has 0 bridgehead atoms. The number of tetrazole rings is 1. The maximum atomic E-state index is 5.51. The predicted octanol–water partition coefficient (Wildman–Crippen LogP) is 0.445. The van der Waals surface area contributed by atoms with Crippen molar-refractivity contribution in [3.8, 4) is 0 Å². The van der Waals surface area contributed by atoms with Crippen molar-refractivity contribution in [3.05, 3.63) is 0 Å². The monoisotopic (exact) mass is 167 g/mol. The van der Waals surface area contributed by atoms with Gasteiger partial charge in [0.1, 0.15) is 0 Å². The average molecular weight is 167 g/mol. The van der Waals surface area contributed by atoms with Crippen molar-refractivity contribution in [2.75, 3.05) is 5.73 Å². The fraction of sp³-hybridized carbons (Fsp3) is 0.857. The van der Waals surface area contributed by atoms with Crippen molar-refractivity contribution >= 4 is 5.95 Å². The number of hydrogen-bond donors (Lipinski definition) is 1. The first-order valence-electron chi connectivity index (χ1n) is 4.38. The molecule has 1 heterocycles. The number of nitrogens with two attached hydrogens (primary N) is 1. The first-order valence-corrected chi connectivity index (χ1v) is 4.38. The summed E-state index contributed by atoms with van der Waals surface area (Å²) in [6, 6.07) is 0. The second-order valence-corrected chi connectivity index (χ2v) is 3.35. The van der Waals surface area contributed by atoms with Crippen LogP contribution in [0.15, 0.2) is 0 Å². The molecule has 0 spiro atoms. The van der Waals surface area contributed by atoms with Crippen LogP contribution in [0.3, 0.4) is 0 Å². The molecule has 12 heavy (non-hydrogen) atoms. The summed E-state index contributed by atoms with van der Waals surface area (Å²) in [6.07, 6.45) is 5.27. The van der Waals surface area contributed by atoms with Gasteiger partial charge in [-0.05, 0) is 22.8 Å². The maximum absolute atomic E-state index is 5.51. The van der Waals surface area contributed by atoms with E-state index in [0.717, 1.165) is 18.9 Å². The molecule has 1 aliphatic rings. The van der Waals surface area contributed by atoms with Gasteiger partial charge in [-0.15, -0.1) is 0 Å². The Morgan fingerprint density at radius 2 is 2.33 bits per heavy atom. The highest BCUT2D eigenvalue weighted by atomic mass is 15.6. The highest BCUT2D eigenvalue weighted by molar-refractivity contribution is 5.09. The van der Waals surface area contributed by atoms with Gasteiger partial charge in [-0.2, -0.15) is 0 Å². The largest absolute Gasteiger partial charge is 0.367 e. The number of nitrogen functional groups attached to an aromatic ring is 1. The Kier molecular flexibility index (Phi) is 1.93. The lowest BCUT2D eigenvalue weighted by Crippen LogP contribution is -2.15. The molecule has 0 unspecified atom stereocenters. The van der Waals surface area contributed by atoms with Crippen LogP contribution in [0.2, 0.25) is 0 Å². The molecular weight excluding hydrogens is 154 g/mol. The summed E-state index contributed by atoms with van der Waals surface area (Å²) in [5, 5.41) is 10.9. The summed E-state index contributed by atoms with van der Waals surface area (Å²) in [7, 11) is 0. The number of anilines is 1. The Labute approximate surface area is 70.9 Å². The van der Waals surface area contributed by atoms with E-state index in [2.05, 4.69) is 15.5 Å². The van der Waals surface area contributed by atoms with Gasteiger partial charge < -0.3 is 5.73 Å². The van der Waals surface area contributed by atoms with E-state index in [-0.39, 0.29) is 0 Å². The van der Waals surface area contributed by atoms with Crippen LogP contribution in [0, 0.1) is 5.92 Å². The molecule has 1 aromatic rings. The standard InChI is InChI=1S/C7H13N5/c8-7-9-10-11-12(7)5-4-6-2-1-3-6/h6H,1-5H2,(H2,8,9,11). The highest BCUT2D eigenvalue weighted by Gasteiger charge is 2.17. The lowest BCUT2D eigenvalue weighted by Gasteiger charge is -2.24. The van der Waals surface area contributed by atoms with Gasteiger partial charge in [0, 0.05) is 6.54 Å². The molecule has 0 aliphatic heterocycles. The van der Waals surface area contributed by atoms with Gasteiger partial charge in [-0.25, -0.2) is 4.68 Å². The van der Waals surface area contributed by atoms with E-state index in [1.807, 2.05) is 0 Å². The van der Waals surface area contributed by atoms with Crippen molar-refractivity contribution in [2.24, 2.45) is 5.92 Å². The minimum absolute atomic E-state index is 0.425. The first kappa shape index (κ1) is 7.52. The van der Waals surface area contributed by atoms with Crippen molar-refractivity contribution in [1.82, 2.24) is 20.2 Å². The lowest BCUT2D eigenvalue weighted by molar-refractivity contribution is 0.278. The minimum Gasteiger partial charge on any atom is -0.367 e. The van der Waals surface area contributed by atoms with Gasteiger partial charge in [0.25, 0.3) is 0 Å². The van der Waals surface area contributed by atoms with Gasteiger partial charge >= 0.3 is 0 Å². The molecule has 0 amide bonds. The van der Waals surface area contributed by atoms with E-state index in [9.17, 15) is 0 Å². The maximum Gasteiger partial charge on any atom is 0.240 e. The molecule has 5 nitrogen and oxygen atoms in total. The number of rotatable bonds is 3. The van der Waals surface area contributed by atoms with Crippen molar-refractivity contribution < 1.29 is 0 Å². The van der Waals surface area contributed by atoms with E-state index in [1.54, 1.807) is 4.68 Å². The molecule has 0 radical (unpaired) electrons. The Hall–Kier alpha value is -1.13. The zero-order valence-electron chi connectivity index (χ0n) is 6.98. The molecule has 0 aromatic carbocycles. The summed E-state index contributed by atoms with van der Waals surface area (Å²) >= 11 is 0. The van der Waals surface area contributed by atoms with Crippen LogP contribution in [0.4, 0.5) is 5.95 Å². The van der Waals surface area contributed by atoms with Crippen LogP contribution >= 0.6 is 0 Å². The number of hydrogen-bond acceptors (Lipinski definition) is 4. The smallest absolute Gasteiger partial charge is 0.240 e. The molecule has 66 valence electrons. The Bertz CT molecular complexity index is 252. The molecule has 1 aromatic heterocycles. The summed E-state index contributed by atoms with van der Waals surface area (Å²) in [5.74, 6) is 1.31. The summed E-state index contributed by atoms with van der Waals surface area (Å²) in [4.78, 5) is 0. The normalized spacial score (nSPS) is 17.7. The van der Waals surface area contributed by atoms with Gasteiger partial charge in [0.05, 0.1) is 0 Å². The third-order valence-corrected chi connectivity index (χ3v) is 2.53. The lowest BCUT2D eigenvalue weighted by atomic mass is 9.83. The molecule has 5 heteroatoms.